The Hall–Kier alpha value is -0.870. The van der Waals surface area contributed by atoms with E-state index in [-0.39, 0.29) is 23.9 Å². The lowest BCUT2D eigenvalue weighted by molar-refractivity contribution is -0.135. The lowest BCUT2D eigenvalue weighted by atomic mass is 10.0. The van der Waals surface area contributed by atoms with Crippen molar-refractivity contribution in [1.29, 1.82) is 0 Å². The quantitative estimate of drug-likeness (QED) is 0.804. The van der Waals surface area contributed by atoms with Crippen LogP contribution in [0.15, 0.2) is 11.4 Å². The van der Waals surface area contributed by atoms with Gasteiger partial charge in [0.25, 0.3) is 0 Å². The van der Waals surface area contributed by atoms with E-state index < -0.39 is 0 Å². The number of carbonyl (C=O) groups excluding carboxylic acids is 1. The summed E-state index contributed by atoms with van der Waals surface area (Å²) in [4.78, 5) is 15.6. The maximum absolute atomic E-state index is 12.2. The second-order valence-corrected chi connectivity index (χ2v) is 5.76. The van der Waals surface area contributed by atoms with Crippen molar-refractivity contribution in [2.75, 3.05) is 6.54 Å². The minimum Gasteiger partial charge on any atom is -0.335 e. The molecule has 0 saturated heterocycles. The lowest BCUT2D eigenvalue weighted by Crippen LogP contribution is -2.40. The normalized spacial score (nSPS) is 32.4. The van der Waals surface area contributed by atoms with E-state index in [1.165, 1.54) is 10.4 Å². The minimum atomic E-state index is 0.0997. The molecule has 0 radical (unpaired) electrons. The van der Waals surface area contributed by atoms with Crippen LogP contribution < -0.4 is 5.73 Å². The molecule has 0 bridgehead atoms. The monoisotopic (exact) mass is 236 g/mol. The Kier molecular flexibility index (Phi) is 2.30. The third-order valence-electron chi connectivity index (χ3n) is 3.72. The van der Waals surface area contributed by atoms with Crippen LogP contribution in [0.4, 0.5) is 0 Å². The predicted molar refractivity (Wildman–Crippen MR) is 64.2 cm³/mol. The molecular weight excluding hydrogens is 220 g/mol. The fourth-order valence-corrected chi connectivity index (χ4v) is 3.48. The number of hydrogen-bond acceptors (Lipinski definition) is 3. The van der Waals surface area contributed by atoms with Gasteiger partial charge >= 0.3 is 0 Å². The zero-order valence-electron chi connectivity index (χ0n) is 9.35. The van der Waals surface area contributed by atoms with E-state index in [0.717, 1.165) is 19.4 Å². The third-order valence-corrected chi connectivity index (χ3v) is 4.71. The first kappa shape index (κ1) is 10.3. The van der Waals surface area contributed by atoms with Crippen molar-refractivity contribution in [1.82, 2.24) is 4.90 Å². The van der Waals surface area contributed by atoms with Crippen molar-refractivity contribution in [2.24, 2.45) is 11.7 Å². The minimum absolute atomic E-state index is 0.0997. The van der Waals surface area contributed by atoms with Gasteiger partial charge < -0.3 is 10.6 Å². The zero-order chi connectivity index (χ0) is 11.3. The van der Waals surface area contributed by atoms with Crippen molar-refractivity contribution < 1.29 is 4.79 Å². The Bertz CT molecular complexity index is 428. The molecular formula is C12H16N2OS. The highest BCUT2D eigenvalue weighted by molar-refractivity contribution is 7.10. The van der Waals surface area contributed by atoms with Gasteiger partial charge in [-0.05, 0) is 36.8 Å². The Morgan fingerprint density at radius 1 is 1.62 bits per heavy atom. The number of amides is 1. The average molecular weight is 236 g/mol. The summed E-state index contributed by atoms with van der Waals surface area (Å²) < 4.78 is 0. The summed E-state index contributed by atoms with van der Waals surface area (Å²) in [7, 11) is 0. The van der Waals surface area contributed by atoms with Crippen LogP contribution in [0.3, 0.4) is 0 Å². The van der Waals surface area contributed by atoms with Gasteiger partial charge in [-0.25, -0.2) is 0 Å². The number of nitrogens with zero attached hydrogens (tertiary/aromatic N) is 1. The molecule has 3 atom stereocenters. The maximum Gasteiger partial charge on any atom is 0.227 e. The Balaban J connectivity index is 1.81. The molecule has 3 unspecified atom stereocenters. The molecule has 2 aliphatic rings. The molecule has 1 fully saturated rings. The van der Waals surface area contributed by atoms with E-state index in [1.807, 2.05) is 4.90 Å². The van der Waals surface area contributed by atoms with Crippen LogP contribution in [0.25, 0.3) is 0 Å². The van der Waals surface area contributed by atoms with Gasteiger partial charge in [0, 0.05) is 17.5 Å². The second-order valence-electron chi connectivity index (χ2n) is 4.76. The van der Waals surface area contributed by atoms with Gasteiger partial charge in [-0.15, -0.1) is 11.3 Å². The van der Waals surface area contributed by atoms with Crippen molar-refractivity contribution in [2.45, 2.75) is 31.8 Å². The van der Waals surface area contributed by atoms with Crippen molar-refractivity contribution in [3.05, 3.63) is 21.9 Å². The van der Waals surface area contributed by atoms with Crippen LogP contribution in [0, 0.1) is 5.92 Å². The summed E-state index contributed by atoms with van der Waals surface area (Å²) >= 11 is 1.80. The number of thiophene rings is 1. The van der Waals surface area contributed by atoms with Gasteiger partial charge in [-0.1, -0.05) is 0 Å². The first-order chi connectivity index (χ1) is 7.68. The molecule has 1 amide bonds. The van der Waals surface area contributed by atoms with E-state index in [4.69, 9.17) is 5.73 Å². The Labute approximate surface area is 99.2 Å². The fourth-order valence-electron chi connectivity index (χ4n) is 2.52. The molecule has 0 spiro atoms. The maximum atomic E-state index is 12.2. The van der Waals surface area contributed by atoms with Crippen LogP contribution in [-0.2, 0) is 11.2 Å². The number of rotatable bonds is 1. The molecule has 0 aromatic carbocycles. The number of hydrogen-bond donors (Lipinski definition) is 1. The summed E-state index contributed by atoms with van der Waals surface area (Å²) in [6, 6.07) is 2.50. The first-order valence-corrected chi connectivity index (χ1v) is 6.69. The van der Waals surface area contributed by atoms with Gasteiger partial charge in [0.2, 0.25) is 5.91 Å². The Morgan fingerprint density at radius 2 is 2.38 bits per heavy atom. The van der Waals surface area contributed by atoms with Crippen LogP contribution in [0.5, 0.6) is 0 Å². The molecule has 4 heteroatoms. The summed E-state index contributed by atoms with van der Waals surface area (Å²) in [5.74, 6) is 0.361. The van der Waals surface area contributed by atoms with E-state index >= 15 is 0 Å². The van der Waals surface area contributed by atoms with Crippen LogP contribution in [0.1, 0.15) is 29.8 Å². The molecule has 16 heavy (non-hydrogen) atoms. The lowest BCUT2D eigenvalue weighted by Gasteiger charge is -2.33. The predicted octanol–water partition coefficient (Wildman–Crippen LogP) is 1.54. The summed E-state index contributed by atoms with van der Waals surface area (Å²) in [6.45, 7) is 2.98. The van der Waals surface area contributed by atoms with Crippen molar-refractivity contribution in [3.8, 4) is 0 Å². The molecule has 2 N–H and O–H groups in total. The molecule has 1 aromatic rings. The van der Waals surface area contributed by atoms with Crippen molar-refractivity contribution in [3.63, 3.8) is 0 Å². The van der Waals surface area contributed by atoms with Crippen LogP contribution in [0.2, 0.25) is 0 Å². The fraction of sp³-hybridized carbons (Fsp3) is 0.583. The van der Waals surface area contributed by atoms with E-state index in [2.05, 4.69) is 18.4 Å². The summed E-state index contributed by atoms with van der Waals surface area (Å²) in [5.41, 5.74) is 7.08. The van der Waals surface area contributed by atoms with Crippen LogP contribution >= 0.6 is 11.3 Å². The number of fused-ring (bicyclic) bond motifs is 1. The third kappa shape index (κ3) is 1.48. The second kappa shape index (κ2) is 3.57. The first-order valence-electron chi connectivity index (χ1n) is 5.81. The topological polar surface area (TPSA) is 46.3 Å². The Morgan fingerprint density at radius 3 is 3.06 bits per heavy atom. The van der Waals surface area contributed by atoms with Gasteiger partial charge in [0.15, 0.2) is 0 Å². The number of nitrogens with two attached hydrogens (primary N) is 1. The molecule has 1 saturated carbocycles. The smallest absolute Gasteiger partial charge is 0.227 e. The molecule has 1 aromatic heterocycles. The standard InChI is InChI=1S/C12H16N2OS/c1-7-8-3-5-16-11(8)2-4-14(7)12(15)9-6-10(9)13/h3,5,7,9-10H,2,4,6,13H2,1H3. The van der Waals surface area contributed by atoms with Crippen LogP contribution in [-0.4, -0.2) is 23.4 Å². The number of carbonyl (C=O) groups is 1. The highest BCUT2D eigenvalue weighted by Gasteiger charge is 2.44. The van der Waals surface area contributed by atoms with Gasteiger partial charge in [-0.2, -0.15) is 0 Å². The molecule has 1 aliphatic carbocycles. The van der Waals surface area contributed by atoms with Gasteiger partial charge in [0.1, 0.15) is 0 Å². The zero-order valence-corrected chi connectivity index (χ0v) is 10.2. The van der Waals surface area contributed by atoms with Gasteiger partial charge in [0.05, 0.1) is 12.0 Å². The molecule has 3 rings (SSSR count). The molecule has 2 heterocycles. The highest BCUT2D eigenvalue weighted by Crippen LogP contribution is 2.37. The SMILES string of the molecule is CC1c2ccsc2CCN1C(=O)C1CC1N. The molecule has 1 aliphatic heterocycles. The summed E-state index contributed by atoms with van der Waals surface area (Å²) in [6.07, 6.45) is 1.88. The molecule has 86 valence electrons. The van der Waals surface area contributed by atoms with E-state index in [1.54, 1.807) is 11.3 Å². The highest BCUT2D eigenvalue weighted by atomic mass is 32.1. The average Bonchev–Trinajstić information content (AvgIpc) is 2.80. The largest absolute Gasteiger partial charge is 0.335 e. The molecule has 3 nitrogen and oxygen atoms in total. The van der Waals surface area contributed by atoms with Crippen molar-refractivity contribution >= 4 is 17.2 Å². The summed E-state index contributed by atoms with van der Waals surface area (Å²) in [5, 5.41) is 2.12. The van der Waals surface area contributed by atoms with E-state index in [0.29, 0.717) is 0 Å². The van der Waals surface area contributed by atoms with Gasteiger partial charge in [-0.3, -0.25) is 4.79 Å². The van der Waals surface area contributed by atoms with E-state index in [9.17, 15) is 4.79 Å².